The summed E-state index contributed by atoms with van der Waals surface area (Å²) in [6, 6.07) is 0. The number of halogens is 1. The number of rotatable bonds is 3. The van der Waals surface area contributed by atoms with Gasteiger partial charge in [-0.15, -0.1) is 11.3 Å². The fourth-order valence-corrected chi connectivity index (χ4v) is 3.18. The lowest BCUT2D eigenvalue weighted by molar-refractivity contribution is -0.0181. The first-order valence-electron chi connectivity index (χ1n) is 5.52. The summed E-state index contributed by atoms with van der Waals surface area (Å²) in [5, 5.41) is 2.14. The van der Waals surface area contributed by atoms with Gasteiger partial charge in [0.25, 0.3) is 0 Å². The summed E-state index contributed by atoms with van der Waals surface area (Å²) in [5.41, 5.74) is 1.17. The molecule has 1 saturated heterocycles. The Kier molecular flexibility index (Phi) is 4.35. The summed E-state index contributed by atoms with van der Waals surface area (Å²) in [6.07, 6.45) is 0.330. The maximum absolute atomic E-state index is 5.62. The Morgan fingerprint density at radius 2 is 2.38 bits per heavy atom. The molecule has 2 rings (SSSR count). The van der Waals surface area contributed by atoms with Crippen LogP contribution < -0.4 is 0 Å². The van der Waals surface area contributed by atoms with Crippen molar-refractivity contribution in [3.63, 3.8) is 0 Å². The second-order valence-electron chi connectivity index (χ2n) is 4.13. The average molecular weight is 305 g/mol. The van der Waals surface area contributed by atoms with Crippen LogP contribution in [0.25, 0.3) is 0 Å². The van der Waals surface area contributed by atoms with E-state index >= 15 is 0 Å². The van der Waals surface area contributed by atoms with Gasteiger partial charge < -0.3 is 4.74 Å². The first kappa shape index (κ1) is 12.5. The number of aromatic nitrogens is 1. The second-order valence-corrected chi connectivity index (χ2v) is 6.07. The molecule has 1 aromatic heterocycles. The van der Waals surface area contributed by atoms with Gasteiger partial charge in [0.15, 0.2) is 0 Å². The summed E-state index contributed by atoms with van der Waals surface area (Å²) in [5.74, 6) is 0. The minimum Gasteiger partial charge on any atom is -0.375 e. The van der Waals surface area contributed by atoms with Crippen molar-refractivity contribution in [2.24, 2.45) is 0 Å². The van der Waals surface area contributed by atoms with Gasteiger partial charge in [-0.3, -0.25) is 4.90 Å². The van der Waals surface area contributed by atoms with Gasteiger partial charge in [-0.2, -0.15) is 0 Å². The minimum atomic E-state index is 0.330. The molecule has 1 fully saturated rings. The predicted octanol–water partition coefficient (Wildman–Crippen LogP) is 2.36. The number of hydrogen-bond donors (Lipinski definition) is 0. The van der Waals surface area contributed by atoms with E-state index in [0.717, 1.165) is 31.6 Å². The van der Waals surface area contributed by atoms with Crippen molar-refractivity contribution in [2.75, 3.05) is 25.0 Å². The first-order valence-corrected chi connectivity index (χ1v) is 7.45. The molecule has 1 unspecified atom stereocenters. The van der Waals surface area contributed by atoms with Gasteiger partial charge in [0.2, 0.25) is 0 Å². The number of thiazole rings is 1. The first-order chi connectivity index (χ1) is 7.69. The molecule has 0 aliphatic carbocycles. The summed E-state index contributed by atoms with van der Waals surface area (Å²) in [6.45, 7) is 8.03. The number of alkyl halides is 1. The van der Waals surface area contributed by atoms with E-state index in [1.807, 2.05) is 11.3 Å². The van der Waals surface area contributed by atoms with E-state index in [0.29, 0.717) is 6.10 Å². The van der Waals surface area contributed by atoms with Crippen molar-refractivity contribution in [1.29, 1.82) is 0 Å². The van der Waals surface area contributed by atoms with Crippen LogP contribution in [0.15, 0.2) is 0 Å². The SMILES string of the molecule is Cc1nc(CN2CCOC(CBr)C2)sc1C. The minimum absolute atomic E-state index is 0.330. The fraction of sp³-hybridized carbons (Fsp3) is 0.727. The van der Waals surface area contributed by atoms with Crippen LogP contribution in [-0.2, 0) is 11.3 Å². The molecule has 5 heteroatoms. The van der Waals surface area contributed by atoms with E-state index < -0.39 is 0 Å². The molecule has 90 valence electrons. The molecule has 0 bridgehead atoms. The van der Waals surface area contributed by atoms with Gasteiger partial charge in [0.1, 0.15) is 5.01 Å². The smallest absolute Gasteiger partial charge is 0.107 e. The third-order valence-corrected chi connectivity index (χ3v) is 4.61. The second kappa shape index (κ2) is 5.58. The van der Waals surface area contributed by atoms with Crippen LogP contribution in [0.4, 0.5) is 0 Å². The van der Waals surface area contributed by atoms with Crippen LogP contribution in [0.3, 0.4) is 0 Å². The average Bonchev–Trinajstić information content (AvgIpc) is 2.58. The van der Waals surface area contributed by atoms with Crippen LogP contribution in [0.2, 0.25) is 0 Å². The highest BCUT2D eigenvalue weighted by Crippen LogP contribution is 2.19. The number of nitrogens with zero attached hydrogens (tertiary/aromatic N) is 2. The number of hydrogen-bond acceptors (Lipinski definition) is 4. The molecular weight excluding hydrogens is 288 g/mol. The molecule has 0 spiro atoms. The molecule has 2 heterocycles. The molecule has 1 aromatic rings. The van der Waals surface area contributed by atoms with E-state index in [4.69, 9.17) is 4.74 Å². The molecule has 16 heavy (non-hydrogen) atoms. The Labute approximate surface area is 109 Å². The van der Waals surface area contributed by atoms with Crippen molar-refractivity contribution in [1.82, 2.24) is 9.88 Å². The number of morpholine rings is 1. The lowest BCUT2D eigenvalue weighted by Gasteiger charge is -2.31. The lowest BCUT2D eigenvalue weighted by atomic mass is 10.3. The van der Waals surface area contributed by atoms with Gasteiger partial charge in [-0.1, -0.05) is 15.9 Å². The Bertz CT molecular complexity index is 336. The molecule has 0 radical (unpaired) electrons. The molecular formula is C11H17BrN2OS. The van der Waals surface area contributed by atoms with Crippen molar-refractivity contribution in [3.05, 3.63) is 15.6 Å². The van der Waals surface area contributed by atoms with Crippen molar-refractivity contribution >= 4 is 27.3 Å². The van der Waals surface area contributed by atoms with Crippen LogP contribution in [0, 0.1) is 13.8 Å². The fourth-order valence-electron chi connectivity index (χ4n) is 1.82. The monoisotopic (exact) mass is 304 g/mol. The van der Waals surface area contributed by atoms with Gasteiger partial charge in [-0.05, 0) is 13.8 Å². The highest BCUT2D eigenvalue weighted by atomic mass is 79.9. The molecule has 3 nitrogen and oxygen atoms in total. The van der Waals surface area contributed by atoms with Gasteiger partial charge in [-0.25, -0.2) is 4.98 Å². The van der Waals surface area contributed by atoms with Gasteiger partial charge in [0.05, 0.1) is 24.9 Å². The lowest BCUT2D eigenvalue weighted by Crippen LogP contribution is -2.42. The predicted molar refractivity (Wildman–Crippen MR) is 70.4 cm³/mol. The Morgan fingerprint density at radius 3 is 3.00 bits per heavy atom. The Morgan fingerprint density at radius 1 is 1.56 bits per heavy atom. The summed E-state index contributed by atoms with van der Waals surface area (Å²) in [4.78, 5) is 8.34. The van der Waals surface area contributed by atoms with Crippen LogP contribution in [0.1, 0.15) is 15.6 Å². The largest absolute Gasteiger partial charge is 0.375 e. The molecule has 0 aromatic carbocycles. The van der Waals surface area contributed by atoms with E-state index in [1.165, 1.54) is 15.6 Å². The molecule has 0 amide bonds. The standard InChI is InChI=1S/C11H17BrN2OS/c1-8-9(2)16-11(13-8)7-14-3-4-15-10(5-12)6-14/h10H,3-7H2,1-2H3. The summed E-state index contributed by atoms with van der Waals surface area (Å²) >= 11 is 5.29. The van der Waals surface area contributed by atoms with E-state index in [-0.39, 0.29) is 0 Å². The van der Waals surface area contributed by atoms with Crippen LogP contribution >= 0.6 is 27.3 Å². The Balaban J connectivity index is 1.93. The summed E-state index contributed by atoms with van der Waals surface area (Å²) < 4.78 is 5.62. The van der Waals surface area contributed by atoms with Crippen molar-refractivity contribution in [2.45, 2.75) is 26.5 Å². The third-order valence-electron chi connectivity index (χ3n) is 2.83. The number of aryl methyl sites for hydroxylation is 2. The summed E-state index contributed by atoms with van der Waals surface area (Å²) in [7, 11) is 0. The van der Waals surface area contributed by atoms with E-state index in [1.54, 1.807) is 0 Å². The highest BCUT2D eigenvalue weighted by Gasteiger charge is 2.20. The highest BCUT2D eigenvalue weighted by molar-refractivity contribution is 9.09. The zero-order valence-corrected chi connectivity index (χ0v) is 12.1. The third kappa shape index (κ3) is 3.03. The maximum Gasteiger partial charge on any atom is 0.107 e. The van der Waals surface area contributed by atoms with Crippen molar-refractivity contribution < 1.29 is 4.74 Å². The zero-order valence-electron chi connectivity index (χ0n) is 9.70. The molecule has 1 aliphatic heterocycles. The van der Waals surface area contributed by atoms with Crippen LogP contribution in [0.5, 0.6) is 0 Å². The van der Waals surface area contributed by atoms with E-state index in [9.17, 15) is 0 Å². The number of ether oxygens (including phenoxy) is 1. The maximum atomic E-state index is 5.62. The quantitative estimate of drug-likeness (QED) is 0.802. The van der Waals surface area contributed by atoms with Gasteiger partial charge >= 0.3 is 0 Å². The van der Waals surface area contributed by atoms with E-state index in [2.05, 4.69) is 39.7 Å². The molecule has 0 N–H and O–H groups in total. The Hall–Kier alpha value is 0.0300. The zero-order chi connectivity index (χ0) is 11.5. The molecule has 1 atom stereocenters. The molecule has 0 saturated carbocycles. The van der Waals surface area contributed by atoms with Crippen molar-refractivity contribution in [3.8, 4) is 0 Å². The normalized spacial score (nSPS) is 22.6. The van der Waals surface area contributed by atoms with Crippen LogP contribution in [-0.4, -0.2) is 41.0 Å². The van der Waals surface area contributed by atoms with Gasteiger partial charge in [0, 0.05) is 23.3 Å². The topological polar surface area (TPSA) is 25.4 Å². The molecule has 1 aliphatic rings.